The minimum atomic E-state index is -0.541. The topological polar surface area (TPSA) is 61.2 Å². The summed E-state index contributed by atoms with van der Waals surface area (Å²) in [6.45, 7) is 5.45. The minimum Gasteiger partial charge on any atom is -0.454 e. The maximum absolute atomic E-state index is 12.5. The Morgan fingerprint density at radius 2 is 2.00 bits per heavy atom. The van der Waals surface area contributed by atoms with Crippen LogP contribution in [-0.4, -0.2) is 27.9 Å². The summed E-state index contributed by atoms with van der Waals surface area (Å²) in [5.41, 5.74) is 4.24. The Bertz CT molecular complexity index is 1000. The van der Waals surface area contributed by atoms with E-state index in [2.05, 4.69) is 4.98 Å². The molecule has 5 nitrogen and oxygen atoms in total. The Labute approximate surface area is 161 Å². The van der Waals surface area contributed by atoms with E-state index < -0.39 is 5.97 Å². The molecule has 1 aromatic carbocycles. The van der Waals surface area contributed by atoms with Gasteiger partial charge in [-0.1, -0.05) is 24.3 Å². The number of esters is 1. The molecule has 3 aromatic rings. The predicted molar refractivity (Wildman–Crippen MR) is 106 cm³/mol. The molecule has 0 saturated carbocycles. The van der Waals surface area contributed by atoms with Gasteiger partial charge in [-0.25, -0.2) is 9.78 Å². The first-order chi connectivity index (χ1) is 13.0. The first-order valence-corrected chi connectivity index (χ1v) is 9.38. The van der Waals surface area contributed by atoms with E-state index in [1.54, 1.807) is 18.3 Å². The van der Waals surface area contributed by atoms with E-state index in [1.165, 1.54) is 17.4 Å². The number of nitrogens with zero attached hydrogens (tertiary/aromatic N) is 2. The molecule has 27 heavy (non-hydrogen) atoms. The predicted octanol–water partition coefficient (Wildman–Crippen LogP) is 4.30. The average Bonchev–Trinajstić information content (AvgIpc) is 3.26. The lowest BCUT2D eigenvalue weighted by atomic mass is 10.1. The Balaban J connectivity index is 1.65. The van der Waals surface area contributed by atoms with Crippen LogP contribution in [0, 0.1) is 20.8 Å². The zero-order valence-corrected chi connectivity index (χ0v) is 16.2. The summed E-state index contributed by atoms with van der Waals surface area (Å²) in [4.78, 5) is 28.7. The number of rotatable bonds is 6. The molecule has 3 rings (SSSR count). The van der Waals surface area contributed by atoms with Gasteiger partial charge in [0.1, 0.15) is 0 Å². The van der Waals surface area contributed by atoms with E-state index in [0.29, 0.717) is 5.56 Å². The van der Waals surface area contributed by atoms with Gasteiger partial charge in [-0.15, -0.1) is 11.3 Å². The number of Topliss-reactive ketones (excluding diaryl/α,β-unsaturated/α-hetero) is 1. The fourth-order valence-corrected chi connectivity index (χ4v) is 3.61. The number of ether oxygens (including phenoxy) is 1. The molecule has 0 saturated heterocycles. The lowest BCUT2D eigenvalue weighted by Gasteiger charge is -2.05. The number of benzene rings is 1. The number of aryl methyl sites for hydroxylation is 2. The SMILES string of the molecule is Cc1ccccc1/C=C/C(=O)OCC(=O)c1cc(C)n(-c2nccs2)c1C. The molecule has 0 atom stereocenters. The summed E-state index contributed by atoms with van der Waals surface area (Å²) in [7, 11) is 0. The second kappa shape index (κ2) is 8.14. The van der Waals surface area contributed by atoms with Crippen LogP contribution < -0.4 is 0 Å². The van der Waals surface area contributed by atoms with Crippen LogP contribution in [0.4, 0.5) is 0 Å². The van der Waals surface area contributed by atoms with Crippen LogP contribution >= 0.6 is 11.3 Å². The van der Waals surface area contributed by atoms with Crippen LogP contribution in [0.15, 0.2) is 48.0 Å². The standard InChI is InChI=1S/C21H20N2O3S/c1-14-6-4-5-7-17(14)8-9-20(25)26-13-19(24)18-12-15(2)23(16(18)3)21-22-10-11-27-21/h4-12H,13H2,1-3H3/b9-8+. The van der Waals surface area contributed by atoms with Crippen LogP contribution in [-0.2, 0) is 9.53 Å². The number of ketones is 1. The van der Waals surface area contributed by atoms with Crippen LogP contribution in [0.5, 0.6) is 0 Å². The van der Waals surface area contributed by atoms with Crippen molar-refractivity contribution in [2.75, 3.05) is 6.61 Å². The maximum Gasteiger partial charge on any atom is 0.331 e. The average molecular weight is 380 g/mol. The lowest BCUT2D eigenvalue weighted by molar-refractivity contribution is -0.136. The van der Waals surface area contributed by atoms with Crippen molar-refractivity contribution in [1.82, 2.24) is 9.55 Å². The van der Waals surface area contributed by atoms with Gasteiger partial charge in [0.2, 0.25) is 5.78 Å². The summed E-state index contributed by atoms with van der Waals surface area (Å²) in [6, 6.07) is 9.52. The quantitative estimate of drug-likeness (QED) is 0.363. The highest BCUT2D eigenvalue weighted by Crippen LogP contribution is 2.22. The number of thiazole rings is 1. The first-order valence-electron chi connectivity index (χ1n) is 8.50. The zero-order valence-electron chi connectivity index (χ0n) is 15.4. The van der Waals surface area contributed by atoms with Crippen molar-refractivity contribution in [3.05, 3.63) is 76.1 Å². The van der Waals surface area contributed by atoms with E-state index >= 15 is 0 Å². The third-order valence-corrected chi connectivity index (χ3v) is 5.03. The molecule has 6 heteroatoms. The van der Waals surface area contributed by atoms with Crippen molar-refractivity contribution < 1.29 is 14.3 Å². The molecule has 0 aliphatic heterocycles. The molecule has 0 bridgehead atoms. The van der Waals surface area contributed by atoms with E-state index in [9.17, 15) is 9.59 Å². The molecule has 0 N–H and O–H groups in total. The van der Waals surface area contributed by atoms with Crippen molar-refractivity contribution in [2.24, 2.45) is 0 Å². The third kappa shape index (κ3) is 4.23. The molecule has 0 radical (unpaired) electrons. The molecule has 0 aliphatic rings. The van der Waals surface area contributed by atoms with Crippen LogP contribution in [0.1, 0.15) is 32.9 Å². The van der Waals surface area contributed by atoms with E-state index in [4.69, 9.17) is 4.74 Å². The largest absolute Gasteiger partial charge is 0.454 e. The summed E-state index contributed by atoms with van der Waals surface area (Å²) >= 11 is 1.50. The zero-order chi connectivity index (χ0) is 19.4. The molecular weight excluding hydrogens is 360 g/mol. The fraction of sp³-hybridized carbons (Fsp3) is 0.190. The van der Waals surface area contributed by atoms with Gasteiger partial charge >= 0.3 is 5.97 Å². The minimum absolute atomic E-state index is 0.233. The number of hydrogen-bond acceptors (Lipinski definition) is 5. The van der Waals surface area contributed by atoms with Crippen molar-refractivity contribution in [3.8, 4) is 5.13 Å². The van der Waals surface area contributed by atoms with Gasteiger partial charge in [0.15, 0.2) is 11.7 Å². The van der Waals surface area contributed by atoms with Crippen molar-refractivity contribution in [1.29, 1.82) is 0 Å². The van der Waals surface area contributed by atoms with E-state index in [-0.39, 0.29) is 12.4 Å². The molecule has 0 unspecified atom stereocenters. The summed E-state index contributed by atoms with van der Waals surface area (Å²) in [6.07, 6.45) is 4.76. The molecule has 138 valence electrons. The van der Waals surface area contributed by atoms with Crippen LogP contribution in [0.3, 0.4) is 0 Å². The molecular formula is C21H20N2O3S. The highest BCUT2D eigenvalue weighted by Gasteiger charge is 2.18. The highest BCUT2D eigenvalue weighted by atomic mass is 32.1. The van der Waals surface area contributed by atoms with Gasteiger partial charge in [0, 0.05) is 34.6 Å². The second-order valence-electron chi connectivity index (χ2n) is 6.16. The molecule has 0 fully saturated rings. The summed E-state index contributed by atoms with van der Waals surface area (Å²) < 4.78 is 7.05. The number of carbonyl (C=O) groups is 2. The molecule has 2 heterocycles. The molecule has 0 amide bonds. The van der Waals surface area contributed by atoms with Gasteiger partial charge in [-0.2, -0.15) is 0 Å². The van der Waals surface area contributed by atoms with Crippen molar-refractivity contribution >= 4 is 29.2 Å². The van der Waals surface area contributed by atoms with Crippen LogP contribution in [0.25, 0.3) is 11.2 Å². The Morgan fingerprint density at radius 3 is 2.70 bits per heavy atom. The summed E-state index contributed by atoms with van der Waals surface area (Å²) in [5.74, 6) is -0.774. The maximum atomic E-state index is 12.5. The van der Waals surface area contributed by atoms with E-state index in [1.807, 2.05) is 55.0 Å². The molecule has 0 spiro atoms. The van der Waals surface area contributed by atoms with Gasteiger partial charge in [0.05, 0.1) is 0 Å². The monoisotopic (exact) mass is 380 g/mol. The van der Waals surface area contributed by atoms with E-state index in [0.717, 1.165) is 27.6 Å². The third-order valence-electron chi connectivity index (χ3n) is 4.28. The van der Waals surface area contributed by atoms with Gasteiger partial charge in [-0.05, 0) is 44.0 Å². The number of hydrogen-bond donors (Lipinski definition) is 0. The summed E-state index contributed by atoms with van der Waals surface area (Å²) in [5, 5.41) is 2.69. The van der Waals surface area contributed by atoms with Crippen LogP contribution in [0.2, 0.25) is 0 Å². The molecule has 2 aromatic heterocycles. The van der Waals surface area contributed by atoms with Gasteiger partial charge in [0.25, 0.3) is 0 Å². The number of carbonyl (C=O) groups excluding carboxylic acids is 2. The smallest absolute Gasteiger partial charge is 0.331 e. The van der Waals surface area contributed by atoms with Gasteiger partial charge < -0.3 is 4.74 Å². The Morgan fingerprint density at radius 1 is 1.22 bits per heavy atom. The van der Waals surface area contributed by atoms with Crippen molar-refractivity contribution in [3.63, 3.8) is 0 Å². The first kappa shape index (κ1) is 18.8. The van der Waals surface area contributed by atoms with Gasteiger partial charge in [-0.3, -0.25) is 9.36 Å². The Kier molecular flexibility index (Phi) is 5.66. The number of aromatic nitrogens is 2. The fourth-order valence-electron chi connectivity index (χ4n) is 2.86. The Hall–Kier alpha value is -2.99. The molecule has 0 aliphatic carbocycles. The highest BCUT2D eigenvalue weighted by molar-refractivity contribution is 7.12. The normalized spacial score (nSPS) is 11.1. The van der Waals surface area contributed by atoms with Crippen molar-refractivity contribution in [2.45, 2.75) is 20.8 Å². The lowest BCUT2D eigenvalue weighted by Crippen LogP contribution is -2.13. The second-order valence-corrected chi connectivity index (χ2v) is 7.03.